The predicted octanol–water partition coefficient (Wildman–Crippen LogP) is 1.66. The fourth-order valence-electron chi connectivity index (χ4n) is 2.59. The lowest BCUT2D eigenvalue weighted by molar-refractivity contribution is -0.133. The Bertz CT molecular complexity index is 231. The Morgan fingerprint density at radius 1 is 1.19 bits per heavy atom. The van der Waals surface area contributed by atoms with Crippen molar-refractivity contribution in [3.63, 3.8) is 0 Å². The highest BCUT2D eigenvalue weighted by Gasteiger charge is 2.33. The smallest absolute Gasteiger partial charge is 0.239 e. The quantitative estimate of drug-likeness (QED) is 0.763. The van der Waals surface area contributed by atoms with E-state index in [9.17, 15) is 4.79 Å². The molecule has 1 N–H and O–H groups in total. The summed E-state index contributed by atoms with van der Waals surface area (Å²) in [6, 6.07) is 0.108. The summed E-state index contributed by atoms with van der Waals surface area (Å²) in [7, 11) is 0. The Hall–Kier alpha value is -0.280. The first-order valence-corrected chi connectivity index (χ1v) is 6.20. The van der Waals surface area contributed by atoms with Gasteiger partial charge in [0.05, 0.1) is 6.04 Å². The number of halogens is 1. The normalized spacial score (nSPS) is 34.6. The van der Waals surface area contributed by atoms with Crippen molar-refractivity contribution < 1.29 is 4.79 Å². The third-order valence-corrected chi connectivity index (χ3v) is 3.91. The Morgan fingerprint density at radius 2 is 1.81 bits per heavy atom. The lowest BCUT2D eigenvalue weighted by atomic mass is 10.0. The summed E-state index contributed by atoms with van der Waals surface area (Å²) in [6.07, 6.45) is 3.44. The predicted molar refractivity (Wildman–Crippen MR) is 67.8 cm³/mol. The molecule has 3 nitrogen and oxygen atoms in total. The highest BCUT2D eigenvalue weighted by molar-refractivity contribution is 5.85. The van der Waals surface area contributed by atoms with Crippen LogP contribution in [0.25, 0.3) is 0 Å². The molecule has 0 aromatic rings. The highest BCUT2D eigenvalue weighted by atomic mass is 35.5. The molecule has 4 heteroatoms. The van der Waals surface area contributed by atoms with Crippen LogP contribution in [-0.4, -0.2) is 36.5 Å². The summed E-state index contributed by atoms with van der Waals surface area (Å²) in [5, 5.41) is 3.33. The number of nitrogens with zero attached hydrogens (tertiary/aromatic N) is 1. The molecule has 94 valence electrons. The molecule has 3 atom stereocenters. The molecule has 0 saturated carbocycles. The number of carbonyl (C=O) groups excluding carboxylic acids is 1. The largest absolute Gasteiger partial charge is 0.341 e. The Kier molecular flexibility index (Phi) is 5.06. The van der Waals surface area contributed by atoms with Crippen LogP contribution >= 0.6 is 12.4 Å². The fourth-order valence-corrected chi connectivity index (χ4v) is 2.59. The molecule has 2 saturated heterocycles. The second-order valence-electron chi connectivity index (χ2n) is 5.20. The van der Waals surface area contributed by atoms with Crippen molar-refractivity contribution in [1.29, 1.82) is 0 Å². The molecule has 1 amide bonds. The number of rotatable bonds is 1. The number of piperidine rings is 1. The van der Waals surface area contributed by atoms with E-state index in [0.717, 1.165) is 26.1 Å². The van der Waals surface area contributed by atoms with E-state index in [0.29, 0.717) is 17.7 Å². The van der Waals surface area contributed by atoms with Crippen LogP contribution in [0.4, 0.5) is 0 Å². The summed E-state index contributed by atoms with van der Waals surface area (Å²) < 4.78 is 0. The Balaban J connectivity index is 0.00000128. The zero-order valence-corrected chi connectivity index (χ0v) is 11.1. The van der Waals surface area contributed by atoms with E-state index < -0.39 is 0 Å². The highest BCUT2D eigenvalue weighted by Crippen LogP contribution is 2.23. The van der Waals surface area contributed by atoms with Crippen molar-refractivity contribution >= 4 is 18.3 Å². The van der Waals surface area contributed by atoms with E-state index >= 15 is 0 Å². The van der Waals surface area contributed by atoms with Crippen LogP contribution in [0.5, 0.6) is 0 Å². The van der Waals surface area contributed by atoms with Crippen LogP contribution in [0, 0.1) is 11.8 Å². The number of nitrogens with one attached hydrogen (secondary N) is 1. The molecule has 0 aliphatic carbocycles. The number of hydrogen-bond donors (Lipinski definition) is 1. The summed E-state index contributed by atoms with van der Waals surface area (Å²) in [6.45, 7) is 7.41. The molecule has 2 rings (SSSR count). The first kappa shape index (κ1) is 13.8. The second kappa shape index (κ2) is 5.87. The topological polar surface area (TPSA) is 32.3 Å². The zero-order chi connectivity index (χ0) is 10.8. The molecule has 16 heavy (non-hydrogen) atoms. The van der Waals surface area contributed by atoms with E-state index in [1.54, 1.807) is 0 Å². The standard InChI is InChI=1S/C12H22N2O.ClH/c1-9-7-14(8-10(9)2)12(15)11-5-3-4-6-13-11;/h9-11,13H,3-8H2,1-2H3;1H/t9?,10?,11-;/m1./s1. The molecular formula is C12H23ClN2O. The summed E-state index contributed by atoms with van der Waals surface area (Å²) in [4.78, 5) is 14.2. The average molecular weight is 247 g/mol. The van der Waals surface area contributed by atoms with Crippen LogP contribution in [0.3, 0.4) is 0 Å². The zero-order valence-electron chi connectivity index (χ0n) is 10.2. The van der Waals surface area contributed by atoms with Gasteiger partial charge in [-0.15, -0.1) is 12.4 Å². The van der Waals surface area contributed by atoms with Crippen LogP contribution < -0.4 is 5.32 Å². The van der Waals surface area contributed by atoms with E-state index in [1.165, 1.54) is 12.8 Å². The van der Waals surface area contributed by atoms with Gasteiger partial charge < -0.3 is 10.2 Å². The van der Waals surface area contributed by atoms with Crippen molar-refractivity contribution in [3.05, 3.63) is 0 Å². The van der Waals surface area contributed by atoms with E-state index in [-0.39, 0.29) is 18.4 Å². The van der Waals surface area contributed by atoms with Gasteiger partial charge in [-0.25, -0.2) is 0 Å². The van der Waals surface area contributed by atoms with Gasteiger partial charge in [0.25, 0.3) is 0 Å². The first-order chi connectivity index (χ1) is 7.18. The number of carbonyl (C=O) groups is 1. The summed E-state index contributed by atoms with van der Waals surface area (Å²) >= 11 is 0. The second-order valence-corrected chi connectivity index (χ2v) is 5.20. The van der Waals surface area contributed by atoms with Crippen molar-refractivity contribution in [1.82, 2.24) is 10.2 Å². The summed E-state index contributed by atoms with van der Waals surface area (Å²) in [5.41, 5.74) is 0. The van der Waals surface area contributed by atoms with Crippen LogP contribution in [-0.2, 0) is 4.79 Å². The van der Waals surface area contributed by atoms with E-state index in [2.05, 4.69) is 24.1 Å². The van der Waals surface area contributed by atoms with Crippen molar-refractivity contribution in [2.75, 3.05) is 19.6 Å². The van der Waals surface area contributed by atoms with Gasteiger partial charge >= 0.3 is 0 Å². The molecule has 2 aliphatic rings. The first-order valence-electron chi connectivity index (χ1n) is 6.20. The van der Waals surface area contributed by atoms with Gasteiger partial charge in [-0.2, -0.15) is 0 Å². The molecule has 0 bridgehead atoms. The molecule has 0 radical (unpaired) electrons. The molecule has 2 aliphatic heterocycles. The third-order valence-electron chi connectivity index (χ3n) is 3.91. The van der Waals surface area contributed by atoms with Crippen molar-refractivity contribution in [3.8, 4) is 0 Å². The molecule has 0 aromatic heterocycles. The maximum absolute atomic E-state index is 12.2. The van der Waals surface area contributed by atoms with E-state index in [4.69, 9.17) is 0 Å². The maximum atomic E-state index is 12.2. The van der Waals surface area contributed by atoms with Crippen LogP contribution in [0.15, 0.2) is 0 Å². The lowest BCUT2D eigenvalue weighted by Crippen LogP contribution is -2.47. The van der Waals surface area contributed by atoms with Crippen LogP contribution in [0.2, 0.25) is 0 Å². The molecule has 0 spiro atoms. The van der Waals surface area contributed by atoms with Gasteiger partial charge in [-0.05, 0) is 31.2 Å². The third kappa shape index (κ3) is 2.89. The Labute approximate surface area is 104 Å². The molecule has 2 unspecified atom stereocenters. The number of hydrogen-bond acceptors (Lipinski definition) is 2. The van der Waals surface area contributed by atoms with Gasteiger partial charge in [-0.3, -0.25) is 4.79 Å². The maximum Gasteiger partial charge on any atom is 0.239 e. The molecular weight excluding hydrogens is 224 g/mol. The SMILES string of the molecule is CC1CN(C(=O)[C@H]2CCCCN2)CC1C.Cl. The minimum atomic E-state index is 0. The Morgan fingerprint density at radius 3 is 2.31 bits per heavy atom. The average Bonchev–Trinajstić information content (AvgIpc) is 2.59. The minimum Gasteiger partial charge on any atom is -0.341 e. The lowest BCUT2D eigenvalue weighted by Gasteiger charge is -2.27. The summed E-state index contributed by atoms with van der Waals surface area (Å²) in [5.74, 6) is 1.67. The fraction of sp³-hybridized carbons (Fsp3) is 0.917. The van der Waals surface area contributed by atoms with E-state index in [1.807, 2.05) is 0 Å². The van der Waals surface area contributed by atoms with Crippen molar-refractivity contribution in [2.45, 2.75) is 39.2 Å². The van der Waals surface area contributed by atoms with Crippen LogP contribution in [0.1, 0.15) is 33.1 Å². The van der Waals surface area contributed by atoms with Gasteiger partial charge in [0.15, 0.2) is 0 Å². The van der Waals surface area contributed by atoms with Gasteiger partial charge in [0.1, 0.15) is 0 Å². The van der Waals surface area contributed by atoms with Gasteiger partial charge in [-0.1, -0.05) is 20.3 Å². The molecule has 2 heterocycles. The minimum absolute atomic E-state index is 0. The number of amides is 1. The van der Waals surface area contributed by atoms with Crippen molar-refractivity contribution in [2.24, 2.45) is 11.8 Å². The van der Waals surface area contributed by atoms with Gasteiger partial charge in [0, 0.05) is 13.1 Å². The monoisotopic (exact) mass is 246 g/mol. The molecule has 0 aromatic carbocycles. The number of likely N-dealkylation sites (tertiary alicyclic amines) is 1. The van der Waals surface area contributed by atoms with Gasteiger partial charge in [0.2, 0.25) is 5.91 Å². The molecule has 2 fully saturated rings.